The van der Waals surface area contributed by atoms with Crippen LogP contribution in [0.25, 0.3) is 0 Å². The van der Waals surface area contributed by atoms with Gasteiger partial charge in [-0.3, -0.25) is 14.5 Å². The molecule has 160 valence electrons. The number of benzene rings is 1. The van der Waals surface area contributed by atoms with Crippen LogP contribution in [-0.2, 0) is 16.0 Å². The fourth-order valence-corrected chi connectivity index (χ4v) is 3.08. The number of carbonyl (C=O) groups is 3. The van der Waals surface area contributed by atoms with Gasteiger partial charge in [-0.2, -0.15) is 0 Å². The van der Waals surface area contributed by atoms with Gasteiger partial charge in [0.1, 0.15) is 6.04 Å². The number of methoxy groups -OCH3 is 2. The number of nitrogens with zero attached hydrogens (tertiary/aromatic N) is 1. The first-order valence-electron chi connectivity index (χ1n) is 9.53. The van der Waals surface area contributed by atoms with Gasteiger partial charge in [-0.05, 0) is 30.0 Å². The molecule has 9 nitrogen and oxygen atoms in total. The fourth-order valence-electron chi connectivity index (χ4n) is 3.08. The number of urea groups is 1. The van der Waals surface area contributed by atoms with Gasteiger partial charge < -0.3 is 25.2 Å². The van der Waals surface area contributed by atoms with Crippen molar-refractivity contribution in [2.45, 2.75) is 38.8 Å². The molecule has 0 unspecified atom stereocenters. The summed E-state index contributed by atoms with van der Waals surface area (Å²) in [7, 11) is 3.08. The standard InChI is InChI=1S/C20H29N3O6/c1-12(2)15(11-24)21-18(25)10-14-19(26)23(20(27)22-14)8-7-13-5-6-16(28-3)17(9-13)29-4/h5-6,9,12,14-15,24H,7-8,10-11H2,1-4H3,(H,21,25)(H,22,27)/t14-,15+/m1/s1. The van der Waals surface area contributed by atoms with Crippen molar-refractivity contribution in [1.82, 2.24) is 15.5 Å². The molecule has 0 bridgehead atoms. The molecule has 0 spiro atoms. The van der Waals surface area contributed by atoms with Gasteiger partial charge in [0, 0.05) is 6.54 Å². The second-order valence-corrected chi connectivity index (χ2v) is 7.24. The van der Waals surface area contributed by atoms with Crippen molar-refractivity contribution in [2.75, 3.05) is 27.4 Å². The van der Waals surface area contributed by atoms with Crippen molar-refractivity contribution in [2.24, 2.45) is 5.92 Å². The molecule has 0 aromatic heterocycles. The molecule has 0 saturated carbocycles. The summed E-state index contributed by atoms with van der Waals surface area (Å²) in [5, 5.41) is 14.6. The van der Waals surface area contributed by atoms with Crippen LogP contribution in [0.5, 0.6) is 11.5 Å². The number of aliphatic hydroxyl groups excluding tert-OH is 1. The number of carbonyl (C=O) groups excluding carboxylic acids is 3. The summed E-state index contributed by atoms with van der Waals surface area (Å²) in [5.74, 6) is 0.393. The molecule has 2 rings (SSSR count). The molecule has 9 heteroatoms. The number of aliphatic hydroxyl groups is 1. The molecule has 1 aliphatic heterocycles. The van der Waals surface area contributed by atoms with Crippen molar-refractivity contribution in [3.63, 3.8) is 0 Å². The third kappa shape index (κ3) is 5.60. The van der Waals surface area contributed by atoms with Crippen LogP contribution in [-0.4, -0.2) is 67.3 Å². The Labute approximate surface area is 170 Å². The summed E-state index contributed by atoms with van der Waals surface area (Å²) in [6, 6.07) is 3.58. The first-order chi connectivity index (χ1) is 13.8. The summed E-state index contributed by atoms with van der Waals surface area (Å²) in [6.07, 6.45) is 0.277. The van der Waals surface area contributed by atoms with E-state index in [4.69, 9.17) is 9.47 Å². The molecule has 1 saturated heterocycles. The molecule has 1 aromatic rings. The maximum Gasteiger partial charge on any atom is 0.324 e. The summed E-state index contributed by atoms with van der Waals surface area (Å²) in [6.45, 7) is 3.74. The maximum atomic E-state index is 12.6. The van der Waals surface area contributed by atoms with Crippen molar-refractivity contribution in [1.29, 1.82) is 0 Å². The Hall–Kier alpha value is -2.81. The van der Waals surface area contributed by atoms with E-state index in [2.05, 4.69) is 10.6 Å². The molecule has 1 aromatic carbocycles. The molecule has 4 amide bonds. The summed E-state index contributed by atoms with van der Waals surface area (Å²) >= 11 is 0. The first-order valence-corrected chi connectivity index (χ1v) is 9.53. The Bertz CT molecular complexity index is 752. The zero-order valence-electron chi connectivity index (χ0n) is 17.2. The molecule has 0 aliphatic carbocycles. The zero-order valence-corrected chi connectivity index (χ0v) is 17.2. The summed E-state index contributed by atoms with van der Waals surface area (Å²) in [5.41, 5.74) is 0.882. The number of amides is 4. The van der Waals surface area contributed by atoms with Gasteiger partial charge in [-0.1, -0.05) is 19.9 Å². The van der Waals surface area contributed by atoms with Gasteiger partial charge in [0.15, 0.2) is 11.5 Å². The molecule has 29 heavy (non-hydrogen) atoms. The Morgan fingerprint density at radius 2 is 1.93 bits per heavy atom. The third-order valence-corrected chi connectivity index (χ3v) is 4.92. The van der Waals surface area contributed by atoms with E-state index in [1.165, 1.54) is 7.11 Å². The lowest BCUT2D eigenvalue weighted by atomic mass is 10.0. The minimum Gasteiger partial charge on any atom is -0.493 e. The summed E-state index contributed by atoms with van der Waals surface area (Å²) < 4.78 is 10.5. The minimum atomic E-state index is -0.903. The highest BCUT2D eigenvalue weighted by Crippen LogP contribution is 2.27. The molecule has 2 atom stereocenters. The van der Waals surface area contributed by atoms with Crippen LogP contribution in [0.4, 0.5) is 4.79 Å². The van der Waals surface area contributed by atoms with Gasteiger partial charge in [0.05, 0.1) is 33.3 Å². The number of hydrogen-bond acceptors (Lipinski definition) is 6. The van der Waals surface area contributed by atoms with Crippen molar-refractivity contribution < 1.29 is 29.0 Å². The number of imide groups is 1. The molecule has 1 heterocycles. The topological polar surface area (TPSA) is 117 Å². The van der Waals surface area contributed by atoms with Crippen molar-refractivity contribution in [3.8, 4) is 11.5 Å². The molecular weight excluding hydrogens is 378 g/mol. The molecule has 1 aliphatic rings. The lowest BCUT2D eigenvalue weighted by Crippen LogP contribution is -2.44. The van der Waals surface area contributed by atoms with Gasteiger partial charge in [0.25, 0.3) is 5.91 Å². The number of rotatable bonds is 10. The van der Waals surface area contributed by atoms with Crippen molar-refractivity contribution >= 4 is 17.8 Å². The fraction of sp³-hybridized carbons (Fsp3) is 0.550. The number of ether oxygens (including phenoxy) is 2. The molecule has 1 fully saturated rings. The SMILES string of the molecule is COc1ccc(CCN2C(=O)N[C@H](CC(=O)N[C@@H](CO)C(C)C)C2=O)cc1OC. The highest BCUT2D eigenvalue weighted by atomic mass is 16.5. The van der Waals surface area contributed by atoms with Gasteiger partial charge >= 0.3 is 6.03 Å². The largest absolute Gasteiger partial charge is 0.493 e. The number of hydrogen-bond donors (Lipinski definition) is 3. The van der Waals surface area contributed by atoms with E-state index in [1.807, 2.05) is 19.9 Å². The van der Waals surface area contributed by atoms with Crippen LogP contribution >= 0.6 is 0 Å². The Morgan fingerprint density at radius 1 is 1.24 bits per heavy atom. The van der Waals surface area contributed by atoms with Crippen LogP contribution in [0.1, 0.15) is 25.8 Å². The van der Waals surface area contributed by atoms with E-state index in [0.717, 1.165) is 10.5 Å². The quantitative estimate of drug-likeness (QED) is 0.491. The van der Waals surface area contributed by atoms with E-state index in [9.17, 15) is 19.5 Å². The monoisotopic (exact) mass is 407 g/mol. The highest BCUT2D eigenvalue weighted by Gasteiger charge is 2.39. The van der Waals surface area contributed by atoms with Crippen LogP contribution in [0.2, 0.25) is 0 Å². The molecule has 3 N–H and O–H groups in total. The van der Waals surface area contributed by atoms with Crippen LogP contribution in [0.3, 0.4) is 0 Å². The van der Waals surface area contributed by atoms with Crippen LogP contribution in [0.15, 0.2) is 18.2 Å². The second kappa shape index (κ2) is 10.1. The lowest BCUT2D eigenvalue weighted by Gasteiger charge is -2.20. The molecule has 0 radical (unpaired) electrons. The maximum absolute atomic E-state index is 12.6. The van der Waals surface area contributed by atoms with Gasteiger partial charge in [-0.25, -0.2) is 4.79 Å². The van der Waals surface area contributed by atoms with Crippen molar-refractivity contribution in [3.05, 3.63) is 23.8 Å². The first kappa shape index (κ1) is 22.5. The van der Waals surface area contributed by atoms with Gasteiger partial charge in [-0.15, -0.1) is 0 Å². The van der Waals surface area contributed by atoms with E-state index >= 15 is 0 Å². The van der Waals surface area contributed by atoms with Crippen LogP contribution in [0, 0.1) is 5.92 Å². The summed E-state index contributed by atoms with van der Waals surface area (Å²) in [4.78, 5) is 38.0. The Kier molecular flexibility index (Phi) is 7.83. The van der Waals surface area contributed by atoms with Crippen LogP contribution < -0.4 is 20.1 Å². The van der Waals surface area contributed by atoms with E-state index in [0.29, 0.717) is 17.9 Å². The predicted molar refractivity (Wildman–Crippen MR) is 106 cm³/mol. The second-order valence-electron chi connectivity index (χ2n) is 7.24. The average molecular weight is 407 g/mol. The molecular formula is C20H29N3O6. The third-order valence-electron chi connectivity index (χ3n) is 4.92. The smallest absolute Gasteiger partial charge is 0.324 e. The Balaban J connectivity index is 1.94. The lowest BCUT2D eigenvalue weighted by molar-refractivity contribution is -0.131. The Morgan fingerprint density at radius 3 is 2.52 bits per heavy atom. The van der Waals surface area contributed by atoms with E-state index in [1.54, 1.807) is 19.2 Å². The number of nitrogens with one attached hydrogen (secondary N) is 2. The van der Waals surface area contributed by atoms with Gasteiger partial charge in [0.2, 0.25) is 5.91 Å². The highest BCUT2D eigenvalue weighted by molar-refractivity contribution is 6.05. The van der Waals surface area contributed by atoms with E-state index < -0.39 is 29.9 Å². The zero-order chi connectivity index (χ0) is 21.6. The average Bonchev–Trinajstić information content (AvgIpc) is 2.96. The normalized spacial score (nSPS) is 17.3. The predicted octanol–water partition coefficient (Wildman–Crippen LogP) is 0.690. The minimum absolute atomic E-state index is 0.0517. The van der Waals surface area contributed by atoms with E-state index in [-0.39, 0.29) is 25.5 Å².